The number of hydrogen-bond acceptors (Lipinski definition) is 1. The zero-order valence-electron chi connectivity index (χ0n) is 7.85. The fraction of sp³-hybridized carbons (Fsp3) is 0.0833. The molecule has 0 saturated heterocycles. The molecule has 1 radical (unpaired) electrons. The van der Waals surface area contributed by atoms with E-state index in [0.29, 0.717) is 0 Å². The highest BCUT2D eigenvalue weighted by molar-refractivity contribution is 5.78. The molecule has 0 saturated carbocycles. The Balaban J connectivity index is 2.33. The van der Waals surface area contributed by atoms with Crippen molar-refractivity contribution in [2.24, 2.45) is 0 Å². The van der Waals surface area contributed by atoms with Crippen molar-refractivity contribution in [3.63, 3.8) is 0 Å². The number of nitrogens with zero attached hydrogens (tertiary/aromatic N) is 2. The smallest absolute Gasteiger partial charge is 0.0686 e. The summed E-state index contributed by atoms with van der Waals surface area (Å²) in [5.74, 6) is 0. The second-order valence-electron chi connectivity index (χ2n) is 2.98. The minimum absolute atomic E-state index is 0.777. The normalized spacial score (nSPS) is 11.1. The second kappa shape index (κ2) is 3.92. The van der Waals surface area contributed by atoms with E-state index >= 15 is 0 Å². The van der Waals surface area contributed by atoms with Gasteiger partial charge in [0, 0.05) is 5.39 Å². The predicted octanol–water partition coefficient (Wildman–Crippen LogP) is 2.58. The zero-order valence-corrected chi connectivity index (χ0v) is 7.85. The fourth-order valence-corrected chi connectivity index (χ4v) is 1.37. The van der Waals surface area contributed by atoms with Crippen LogP contribution >= 0.6 is 0 Å². The minimum atomic E-state index is 0.777. The summed E-state index contributed by atoms with van der Waals surface area (Å²) in [7, 11) is 0. The quantitative estimate of drug-likeness (QED) is 0.669. The van der Waals surface area contributed by atoms with Gasteiger partial charge in [0.25, 0.3) is 0 Å². The van der Waals surface area contributed by atoms with Crippen molar-refractivity contribution in [2.45, 2.75) is 6.54 Å². The summed E-state index contributed by atoms with van der Waals surface area (Å²) in [6.45, 7) is 4.40. The van der Waals surface area contributed by atoms with Crippen molar-refractivity contribution in [3.05, 3.63) is 55.3 Å². The molecule has 0 unspecified atom stereocenters. The van der Waals surface area contributed by atoms with E-state index in [2.05, 4.69) is 17.7 Å². The summed E-state index contributed by atoms with van der Waals surface area (Å²) in [6, 6.07) is 8.89. The molecule has 0 aliphatic carbocycles. The maximum absolute atomic E-state index is 4.28. The van der Waals surface area contributed by atoms with E-state index < -0.39 is 0 Å². The van der Waals surface area contributed by atoms with Gasteiger partial charge in [-0.25, -0.2) is 0 Å². The van der Waals surface area contributed by atoms with E-state index in [1.54, 1.807) is 6.08 Å². The third kappa shape index (κ3) is 1.59. The molecule has 1 aromatic carbocycles. The SMILES string of the molecule is C=C/C=C/Cn1ncc2c[c]ccc21. The Hall–Kier alpha value is -1.83. The van der Waals surface area contributed by atoms with Gasteiger partial charge in [-0.1, -0.05) is 30.9 Å². The van der Waals surface area contributed by atoms with Gasteiger partial charge in [0.1, 0.15) is 0 Å². The summed E-state index contributed by atoms with van der Waals surface area (Å²) in [6.07, 6.45) is 7.56. The lowest BCUT2D eigenvalue weighted by molar-refractivity contribution is 0.728. The van der Waals surface area contributed by atoms with Crippen LogP contribution in [0, 0.1) is 6.07 Å². The van der Waals surface area contributed by atoms with Crippen LogP contribution in [-0.4, -0.2) is 9.78 Å². The van der Waals surface area contributed by atoms with Gasteiger partial charge in [0.05, 0.1) is 18.3 Å². The first kappa shape index (κ1) is 8.75. The molecular formula is C12H11N2. The number of benzene rings is 1. The highest BCUT2D eigenvalue weighted by atomic mass is 15.3. The minimum Gasteiger partial charge on any atom is -0.261 e. The number of aromatic nitrogens is 2. The lowest BCUT2D eigenvalue weighted by atomic mass is 10.2. The molecule has 69 valence electrons. The van der Waals surface area contributed by atoms with Crippen molar-refractivity contribution in [1.82, 2.24) is 9.78 Å². The zero-order chi connectivity index (χ0) is 9.80. The van der Waals surface area contributed by atoms with E-state index in [1.807, 2.05) is 41.2 Å². The lowest BCUT2D eigenvalue weighted by Gasteiger charge is -1.97. The summed E-state index contributed by atoms with van der Waals surface area (Å²) in [5, 5.41) is 5.40. The van der Waals surface area contributed by atoms with E-state index in [0.717, 1.165) is 17.4 Å². The molecule has 0 atom stereocenters. The third-order valence-corrected chi connectivity index (χ3v) is 2.04. The van der Waals surface area contributed by atoms with Crippen LogP contribution in [0.4, 0.5) is 0 Å². The summed E-state index contributed by atoms with van der Waals surface area (Å²) >= 11 is 0. The van der Waals surface area contributed by atoms with Crippen LogP contribution in [0.2, 0.25) is 0 Å². The van der Waals surface area contributed by atoms with Crippen LogP contribution in [0.25, 0.3) is 10.9 Å². The Morgan fingerprint density at radius 1 is 1.57 bits per heavy atom. The Morgan fingerprint density at radius 2 is 2.50 bits per heavy atom. The molecule has 0 fully saturated rings. The Labute approximate surface area is 83.2 Å². The van der Waals surface area contributed by atoms with E-state index in [-0.39, 0.29) is 0 Å². The number of allylic oxidation sites excluding steroid dienone is 3. The monoisotopic (exact) mass is 183 g/mol. The number of rotatable bonds is 3. The summed E-state index contributed by atoms with van der Waals surface area (Å²) < 4.78 is 1.95. The molecule has 2 nitrogen and oxygen atoms in total. The molecule has 0 aliphatic heterocycles. The van der Waals surface area contributed by atoms with Gasteiger partial charge in [-0.3, -0.25) is 4.68 Å². The Kier molecular flexibility index (Phi) is 2.45. The molecule has 0 bridgehead atoms. The van der Waals surface area contributed by atoms with Crippen molar-refractivity contribution in [1.29, 1.82) is 0 Å². The van der Waals surface area contributed by atoms with Crippen molar-refractivity contribution >= 4 is 10.9 Å². The van der Waals surface area contributed by atoms with Gasteiger partial charge in [-0.05, 0) is 18.2 Å². The second-order valence-corrected chi connectivity index (χ2v) is 2.98. The highest BCUT2D eigenvalue weighted by Gasteiger charge is 1.98. The maximum Gasteiger partial charge on any atom is 0.0686 e. The fourth-order valence-electron chi connectivity index (χ4n) is 1.37. The molecule has 0 N–H and O–H groups in total. The predicted molar refractivity (Wildman–Crippen MR) is 57.9 cm³/mol. The van der Waals surface area contributed by atoms with Crippen LogP contribution in [0.1, 0.15) is 0 Å². The van der Waals surface area contributed by atoms with E-state index in [1.165, 1.54) is 0 Å². The Morgan fingerprint density at radius 3 is 3.36 bits per heavy atom. The first-order chi connectivity index (χ1) is 6.92. The van der Waals surface area contributed by atoms with Crippen LogP contribution in [0.3, 0.4) is 0 Å². The third-order valence-electron chi connectivity index (χ3n) is 2.04. The molecule has 2 aromatic rings. The number of hydrogen-bond donors (Lipinski definition) is 0. The molecule has 0 spiro atoms. The molecule has 2 heteroatoms. The average Bonchev–Trinajstić information content (AvgIpc) is 2.63. The van der Waals surface area contributed by atoms with Crippen molar-refractivity contribution in [2.75, 3.05) is 0 Å². The molecule has 0 amide bonds. The van der Waals surface area contributed by atoms with Crippen LogP contribution in [0.5, 0.6) is 0 Å². The Bertz CT molecular complexity index is 466. The lowest BCUT2D eigenvalue weighted by Crippen LogP contribution is -1.96. The summed E-state index contributed by atoms with van der Waals surface area (Å²) in [5.41, 5.74) is 1.14. The number of fused-ring (bicyclic) bond motifs is 1. The van der Waals surface area contributed by atoms with Gasteiger partial charge in [-0.15, -0.1) is 0 Å². The van der Waals surface area contributed by atoms with Gasteiger partial charge in [-0.2, -0.15) is 5.10 Å². The molecule has 0 aliphatic rings. The maximum atomic E-state index is 4.28. The van der Waals surface area contributed by atoms with E-state index in [4.69, 9.17) is 0 Å². The molecule has 2 rings (SSSR count). The van der Waals surface area contributed by atoms with Crippen molar-refractivity contribution in [3.8, 4) is 0 Å². The molecule has 1 heterocycles. The average molecular weight is 183 g/mol. The molecular weight excluding hydrogens is 172 g/mol. The summed E-state index contributed by atoms with van der Waals surface area (Å²) in [4.78, 5) is 0. The van der Waals surface area contributed by atoms with Gasteiger partial charge in [0.15, 0.2) is 0 Å². The van der Waals surface area contributed by atoms with Crippen molar-refractivity contribution < 1.29 is 0 Å². The van der Waals surface area contributed by atoms with Crippen LogP contribution in [0.15, 0.2) is 49.2 Å². The molecule has 1 aromatic heterocycles. The highest BCUT2D eigenvalue weighted by Crippen LogP contribution is 2.11. The van der Waals surface area contributed by atoms with Gasteiger partial charge >= 0.3 is 0 Å². The molecule has 14 heavy (non-hydrogen) atoms. The van der Waals surface area contributed by atoms with Crippen LogP contribution in [-0.2, 0) is 6.54 Å². The standard InChI is InChI=1S/C12H11N2/c1-2-3-6-9-14-12-8-5-4-7-11(12)10-13-14/h2-3,5-8,10H,1,9H2/b6-3+. The first-order valence-corrected chi connectivity index (χ1v) is 4.51. The van der Waals surface area contributed by atoms with Crippen LogP contribution < -0.4 is 0 Å². The topological polar surface area (TPSA) is 17.8 Å². The van der Waals surface area contributed by atoms with Gasteiger partial charge < -0.3 is 0 Å². The first-order valence-electron chi connectivity index (χ1n) is 4.51. The van der Waals surface area contributed by atoms with E-state index in [9.17, 15) is 0 Å². The largest absolute Gasteiger partial charge is 0.261 e. The van der Waals surface area contributed by atoms with Gasteiger partial charge in [0.2, 0.25) is 0 Å².